The van der Waals surface area contributed by atoms with Crippen molar-refractivity contribution in [3.63, 3.8) is 0 Å². The molecule has 0 aliphatic carbocycles. The molecule has 13 heavy (non-hydrogen) atoms. The topological polar surface area (TPSA) is 15.3 Å². The number of nitrogens with one attached hydrogen (secondary N) is 1. The fourth-order valence-electron chi connectivity index (χ4n) is 1.87. The van der Waals surface area contributed by atoms with Gasteiger partial charge in [-0.15, -0.1) is 18.8 Å². The Hall–Kier alpha value is -0.230. The van der Waals surface area contributed by atoms with Gasteiger partial charge in [-0.25, -0.2) is 0 Å². The lowest BCUT2D eigenvalue weighted by molar-refractivity contribution is 0.147. The first-order valence-corrected chi connectivity index (χ1v) is 4.62. The average molecular weight is 203 g/mol. The fourth-order valence-corrected chi connectivity index (χ4v) is 1.87. The van der Waals surface area contributed by atoms with Gasteiger partial charge in [-0.2, -0.15) is 0 Å². The van der Waals surface area contributed by atoms with E-state index in [4.69, 9.17) is 6.42 Å². The molecule has 2 nitrogen and oxygen atoms in total. The Balaban J connectivity index is 0.00000144. The maximum Gasteiger partial charge on any atom is 0.0603 e. The van der Waals surface area contributed by atoms with Gasteiger partial charge in [0.1, 0.15) is 0 Å². The predicted molar refractivity (Wildman–Crippen MR) is 59.2 cm³/mol. The van der Waals surface area contributed by atoms with Crippen LogP contribution in [0, 0.1) is 12.3 Å². The molecule has 1 atom stereocenters. The molecule has 0 aromatic rings. The number of likely N-dealkylation sites (N-methyl/N-ethyl adjacent to an activating group) is 1. The summed E-state index contributed by atoms with van der Waals surface area (Å²) in [6.45, 7) is 8.46. The molecule has 0 amide bonds. The third kappa shape index (κ3) is 2.87. The Morgan fingerprint density at radius 1 is 1.62 bits per heavy atom. The summed E-state index contributed by atoms with van der Waals surface area (Å²) in [5.41, 5.74) is 0.293. The van der Waals surface area contributed by atoms with Crippen molar-refractivity contribution in [2.24, 2.45) is 0 Å². The summed E-state index contributed by atoms with van der Waals surface area (Å²) in [6, 6.07) is 0. The SMILES string of the molecule is C#CCN(CC)C1(C)CCNC1.Cl. The van der Waals surface area contributed by atoms with E-state index in [9.17, 15) is 0 Å². The highest BCUT2D eigenvalue weighted by Crippen LogP contribution is 2.21. The van der Waals surface area contributed by atoms with Crippen LogP contribution in [0.5, 0.6) is 0 Å². The number of nitrogens with zero attached hydrogens (tertiary/aromatic N) is 1. The minimum absolute atomic E-state index is 0. The Bertz CT molecular complexity index is 180. The summed E-state index contributed by atoms with van der Waals surface area (Å²) in [6.07, 6.45) is 6.53. The largest absolute Gasteiger partial charge is 0.315 e. The molecular formula is C10H19ClN2. The summed E-state index contributed by atoms with van der Waals surface area (Å²) in [5, 5.41) is 3.38. The summed E-state index contributed by atoms with van der Waals surface area (Å²) >= 11 is 0. The molecule has 1 saturated heterocycles. The van der Waals surface area contributed by atoms with E-state index in [1.807, 2.05) is 0 Å². The van der Waals surface area contributed by atoms with E-state index in [-0.39, 0.29) is 12.4 Å². The summed E-state index contributed by atoms with van der Waals surface area (Å²) in [7, 11) is 0. The van der Waals surface area contributed by atoms with Gasteiger partial charge in [0, 0.05) is 12.1 Å². The third-order valence-electron chi connectivity index (χ3n) is 2.77. The lowest BCUT2D eigenvalue weighted by atomic mass is 9.99. The first-order chi connectivity index (χ1) is 5.73. The molecule has 0 aromatic carbocycles. The summed E-state index contributed by atoms with van der Waals surface area (Å²) in [5.74, 6) is 2.72. The maximum absolute atomic E-state index is 5.32. The Labute approximate surface area is 87.5 Å². The number of rotatable bonds is 3. The fraction of sp³-hybridized carbons (Fsp3) is 0.800. The van der Waals surface area contributed by atoms with Crippen molar-refractivity contribution in [3.8, 4) is 12.3 Å². The Morgan fingerprint density at radius 3 is 2.69 bits per heavy atom. The third-order valence-corrected chi connectivity index (χ3v) is 2.77. The minimum Gasteiger partial charge on any atom is -0.315 e. The first kappa shape index (κ1) is 12.8. The number of hydrogen-bond donors (Lipinski definition) is 1. The van der Waals surface area contributed by atoms with Crippen LogP contribution in [0.3, 0.4) is 0 Å². The highest BCUT2D eigenvalue weighted by Gasteiger charge is 2.33. The van der Waals surface area contributed by atoms with Crippen LogP contribution in [0.4, 0.5) is 0 Å². The predicted octanol–water partition coefficient (Wildman–Crippen LogP) is 1.12. The minimum atomic E-state index is 0. The van der Waals surface area contributed by atoms with Crippen LogP contribution in [-0.4, -0.2) is 36.6 Å². The van der Waals surface area contributed by atoms with Crippen LogP contribution in [0.1, 0.15) is 20.3 Å². The van der Waals surface area contributed by atoms with Gasteiger partial charge in [0.25, 0.3) is 0 Å². The van der Waals surface area contributed by atoms with Crippen molar-refractivity contribution in [2.45, 2.75) is 25.8 Å². The van der Waals surface area contributed by atoms with E-state index in [2.05, 4.69) is 30.0 Å². The van der Waals surface area contributed by atoms with Crippen LogP contribution in [0.25, 0.3) is 0 Å². The standard InChI is InChI=1S/C10H18N2.ClH/c1-4-8-12(5-2)10(3)6-7-11-9-10;/h1,11H,5-9H2,2-3H3;1H. The molecule has 1 aliphatic rings. The molecule has 0 saturated carbocycles. The van der Waals surface area contributed by atoms with Gasteiger partial charge in [-0.3, -0.25) is 4.90 Å². The molecule has 1 N–H and O–H groups in total. The molecule has 0 radical (unpaired) electrons. The molecule has 1 unspecified atom stereocenters. The van der Waals surface area contributed by atoms with Gasteiger partial charge >= 0.3 is 0 Å². The van der Waals surface area contributed by atoms with Crippen molar-refractivity contribution < 1.29 is 0 Å². The Morgan fingerprint density at radius 2 is 2.31 bits per heavy atom. The second-order valence-electron chi connectivity index (χ2n) is 3.64. The molecule has 1 rings (SSSR count). The van der Waals surface area contributed by atoms with E-state index < -0.39 is 0 Å². The monoisotopic (exact) mass is 202 g/mol. The van der Waals surface area contributed by atoms with E-state index >= 15 is 0 Å². The van der Waals surface area contributed by atoms with Gasteiger partial charge in [0.2, 0.25) is 0 Å². The zero-order chi connectivity index (χ0) is 9.03. The maximum atomic E-state index is 5.32. The highest BCUT2D eigenvalue weighted by molar-refractivity contribution is 5.85. The zero-order valence-electron chi connectivity index (χ0n) is 8.47. The van der Waals surface area contributed by atoms with Crippen LogP contribution >= 0.6 is 12.4 Å². The van der Waals surface area contributed by atoms with Crippen molar-refractivity contribution in [1.82, 2.24) is 10.2 Å². The summed E-state index contributed by atoms with van der Waals surface area (Å²) < 4.78 is 0. The summed E-state index contributed by atoms with van der Waals surface area (Å²) in [4.78, 5) is 2.37. The van der Waals surface area contributed by atoms with E-state index in [0.29, 0.717) is 5.54 Å². The number of halogens is 1. The van der Waals surface area contributed by atoms with Gasteiger partial charge in [0.05, 0.1) is 6.54 Å². The quantitative estimate of drug-likeness (QED) is 0.691. The molecule has 0 bridgehead atoms. The van der Waals surface area contributed by atoms with Crippen molar-refractivity contribution in [1.29, 1.82) is 0 Å². The van der Waals surface area contributed by atoms with Crippen molar-refractivity contribution >= 4 is 12.4 Å². The molecule has 3 heteroatoms. The molecular weight excluding hydrogens is 184 g/mol. The van der Waals surface area contributed by atoms with E-state index in [0.717, 1.165) is 26.2 Å². The average Bonchev–Trinajstić information content (AvgIpc) is 2.49. The van der Waals surface area contributed by atoms with Crippen LogP contribution in [-0.2, 0) is 0 Å². The lowest BCUT2D eigenvalue weighted by Gasteiger charge is -2.35. The molecule has 0 spiro atoms. The normalized spacial score (nSPS) is 26.9. The Kier molecular flexibility index (Phi) is 5.39. The molecule has 0 aromatic heterocycles. The van der Waals surface area contributed by atoms with Gasteiger partial charge in [-0.1, -0.05) is 12.8 Å². The lowest BCUT2D eigenvalue weighted by Crippen LogP contribution is -2.47. The van der Waals surface area contributed by atoms with E-state index in [1.54, 1.807) is 0 Å². The second kappa shape index (κ2) is 5.49. The van der Waals surface area contributed by atoms with Crippen molar-refractivity contribution in [3.05, 3.63) is 0 Å². The van der Waals surface area contributed by atoms with Crippen LogP contribution in [0.2, 0.25) is 0 Å². The van der Waals surface area contributed by atoms with E-state index in [1.165, 1.54) is 6.42 Å². The van der Waals surface area contributed by atoms with Gasteiger partial charge < -0.3 is 5.32 Å². The van der Waals surface area contributed by atoms with Crippen molar-refractivity contribution in [2.75, 3.05) is 26.2 Å². The second-order valence-corrected chi connectivity index (χ2v) is 3.64. The molecule has 76 valence electrons. The molecule has 1 heterocycles. The molecule has 1 fully saturated rings. The number of terminal acetylenes is 1. The highest BCUT2D eigenvalue weighted by atomic mass is 35.5. The van der Waals surface area contributed by atoms with Crippen LogP contribution < -0.4 is 5.32 Å². The zero-order valence-corrected chi connectivity index (χ0v) is 9.28. The van der Waals surface area contributed by atoms with Crippen LogP contribution in [0.15, 0.2) is 0 Å². The smallest absolute Gasteiger partial charge is 0.0603 e. The van der Waals surface area contributed by atoms with Gasteiger partial charge in [-0.05, 0) is 26.4 Å². The van der Waals surface area contributed by atoms with Gasteiger partial charge in [0.15, 0.2) is 0 Å². The number of hydrogen-bond acceptors (Lipinski definition) is 2. The molecule has 1 aliphatic heterocycles. The first-order valence-electron chi connectivity index (χ1n) is 4.62.